The maximum atomic E-state index is 9.75. The molecule has 1 fully saturated rings. The van der Waals surface area contributed by atoms with Gasteiger partial charge in [0.2, 0.25) is 0 Å². The maximum Gasteiger partial charge on any atom is 1.00 e. The molecule has 0 spiro atoms. The van der Waals surface area contributed by atoms with Crippen molar-refractivity contribution in [3.63, 3.8) is 0 Å². The Morgan fingerprint density at radius 2 is 0.913 bits per heavy atom. The fourth-order valence-corrected chi connectivity index (χ4v) is 1.99. The van der Waals surface area contributed by atoms with Crippen molar-refractivity contribution in [1.29, 1.82) is 0 Å². The SMILES string of the molecule is CC=C1C=CC=C1.C[C]1[C](C)[C](C)[C](C)[C]1C.F[B-](F)(F)F.[Ru+]. The second-order valence-electron chi connectivity index (χ2n) is 5.13. The third-order valence-corrected chi connectivity index (χ3v) is 3.83. The van der Waals surface area contributed by atoms with E-state index in [0.717, 1.165) is 0 Å². The Kier molecular flexibility index (Phi) is 12.1. The Morgan fingerprint density at radius 1 is 0.696 bits per heavy atom. The van der Waals surface area contributed by atoms with Gasteiger partial charge in [-0.3, -0.25) is 0 Å². The van der Waals surface area contributed by atoms with E-state index in [1.165, 1.54) is 35.2 Å². The van der Waals surface area contributed by atoms with E-state index in [1.807, 2.05) is 19.1 Å². The van der Waals surface area contributed by atoms with E-state index in [9.17, 15) is 17.3 Å². The van der Waals surface area contributed by atoms with Gasteiger partial charge in [0.05, 0.1) is 0 Å². The summed E-state index contributed by atoms with van der Waals surface area (Å²) < 4.78 is 39.0. The molecule has 0 N–H and O–H groups in total. The number of hydrogen-bond acceptors (Lipinski definition) is 0. The summed E-state index contributed by atoms with van der Waals surface area (Å²) in [6.45, 7) is 13.0. The first-order chi connectivity index (χ1) is 9.99. The molecule has 130 valence electrons. The molecule has 0 bridgehead atoms. The smallest absolute Gasteiger partial charge is 0.418 e. The molecule has 0 aromatic rings. The fraction of sp³-hybridized carbons (Fsp3) is 0.353. The van der Waals surface area contributed by atoms with Gasteiger partial charge in [-0.15, -0.1) is 0 Å². The van der Waals surface area contributed by atoms with E-state index in [1.54, 1.807) is 0 Å². The van der Waals surface area contributed by atoms with E-state index in [-0.39, 0.29) is 19.5 Å². The molecule has 1 saturated carbocycles. The van der Waals surface area contributed by atoms with Gasteiger partial charge in [0.1, 0.15) is 0 Å². The zero-order valence-electron chi connectivity index (χ0n) is 14.3. The zero-order valence-corrected chi connectivity index (χ0v) is 16.1. The summed E-state index contributed by atoms with van der Waals surface area (Å²) in [4.78, 5) is 0. The molecular weight excluding hydrogens is 392 g/mol. The third kappa shape index (κ3) is 10.2. The summed E-state index contributed by atoms with van der Waals surface area (Å²) in [6.07, 6.45) is 10.3. The molecule has 6 radical (unpaired) electrons. The monoisotopic (exact) mass is 416 g/mol. The summed E-state index contributed by atoms with van der Waals surface area (Å²) in [5.41, 5.74) is 1.31. The van der Waals surface area contributed by atoms with Crippen LogP contribution in [-0.4, -0.2) is 7.25 Å². The number of halogens is 4. The molecule has 2 aliphatic carbocycles. The van der Waals surface area contributed by atoms with E-state index >= 15 is 0 Å². The van der Waals surface area contributed by atoms with Crippen molar-refractivity contribution in [3.05, 3.63) is 65.5 Å². The molecule has 0 aromatic carbocycles. The van der Waals surface area contributed by atoms with Crippen molar-refractivity contribution in [1.82, 2.24) is 0 Å². The van der Waals surface area contributed by atoms with Gasteiger partial charge in [-0.25, -0.2) is 0 Å². The second kappa shape index (κ2) is 11.2. The first kappa shape index (κ1) is 24.9. The van der Waals surface area contributed by atoms with Crippen LogP contribution in [0.2, 0.25) is 0 Å². The van der Waals surface area contributed by atoms with Crippen molar-refractivity contribution in [2.45, 2.75) is 41.5 Å². The Labute approximate surface area is 151 Å². The van der Waals surface area contributed by atoms with Crippen LogP contribution >= 0.6 is 0 Å². The van der Waals surface area contributed by atoms with Gasteiger partial charge < -0.3 is 17.3 Å². The Hall–Kier alpha value is -0.372. The zero-order chi connectivity index (χ0) is 17.5. The summed E-state index contributed by atoms with van der Waals surface area (Å²) in [6, 6.07) is 0. The number of rotatable bonds is 0. The van der Waals surface area contributed by atoms with Crippen LogP contribution in [0.1, 0.15) is 41.5 Å². The summed E-state index contributed by atoms with van der Waals surface area (Å²) in [5.74, 6) is 7.34. The fourth-order valence-electron chi connectivity index (χ4n) is 1.99. The Balaban J connectivity index is 0. The van der Waals surface area contributed by atoms with Crippen LogP contribution < -0.4 is 0 Å². The van der Waals surface area contributed by atoms with Gasteiger partial charge in [0.25, 0.3) is 0 Å². The standard InChI is InChI=1S/C10H15.C7H8.BF4.Ru/c1-6-7(2)9(4)10(5)8(6)3;1-2-7-5-3-4-6-7;2-1(3,4)5;/h1-5H3;2-6H,1H3;;/q;;-1;+1. The average molecular weight is 415 g/mol. The number of hydrogen-bond donors (Lipinski definition) is 0. The van der Waals surface area contributed by atoms with E-state index < -0.39 is 7.25 Å². The molecule has 0 unspecified atom stereocenters. The normalized spacial score (nSPS) is 19.8. The van der Waals surface area contributed by atoms with Crippen LogP contribution in [-0.2, 0) is 19.5 Å². The van der Waals surface area contributed by atoms with Crippen LogP contribution in [0.25, 0.3) is 0 Å². The first-order valence-corrected chi connectivity index (χ1v) is 7.07. The minimum Gasteiger partial charge on any atom is -0.418 e. The predicted octanol–water partition coefficient (Wildman–Crippen LogP) is 6.33. The van der Waals surface area contributed by atoms with Crippen LogP contribution in [0.5, 0.6) is 0 Å². The largest absolute Gasteiger partial charge is 1.00 e. The van der Waals surface area contributed by atoms with Crippen LogP contribution in [0.3, 0.4) is 0 Å². The summed E-state index contributed by atoms with van der Waals surface area (Å²) in [5, 5.41) is 0. The Bertz CT molecular complexity index is 350. The van der Waals surface area contributed by atoms with Crippen molar-refractivity contribution in [3.8, 4) is 0 Å². The molecule has 2 aliphatic rings. The molecule has 0 aromatic heterocycles. The van der Waals surface area contributed by atoms with E-state index in [4.69, 9.17) is 0 Å². The van der Waals surface area contributed by atoms with Crippen molar-refractivity contribution in [2.24, 2.45) is 0 Å². The molecule has 0 aliphatic heterocycles. The second-order valence-corrected chi connectivity index (χ2v) is 5.13. The van der Waals surface area contributed by atoms with Crippen LogP contribution in [0.4, 0.5) is 17.3 Å². The van der Waals surface area contributed by atoms with Crippen molar-refractivity contribution in [2.75, 3.05) is 0 Å². The predicted molar refractivity (Wildman–Crippen MR) is 86.8 cm³/mol. The van der Waals surface area contributed by atoms with Gasteiger partial charge in [-0.2, -0.15) is 0 Å². The quantitative estimate of drug-likeness (QED) is 0.321. The summed E-state index contributed by atoms with van der Waals surface area (Å²) in [7, 11) is -6.00. The first-order valence-electron chi connectivity index (χ1n) is 7.07. The third-order valence-electron chi connectivity index (χ3n) is 3.83. The number of allylic oxidation sites excluding steroid dienone is 6. The molecule has 0 nitrogen and oxygen atoms in total. The van der Waals surface area contributed by atoms with E-state index in [2.05, 4.69) is 52.8 Å². The molecule has 0 amide bonds. The van der Waals surface area contributed by atoms with Crippen LogP contribution in [0.15, 0.2) is 36.0 Å². The van der Waals surface area contributed by atoms with Gasteiger partial charge in [0.15, 0.2) is 0 Å². The van der Waals surface area contributed by atoms with Crippen LogP contribution in [0, 0.1) is 29.6 Å². The van der Waals surface area contributed by atoms with Gasteiger partial charge >= 0.3 is 26.7 Å². The maximum absolute atomic E-state index is 9.75. The van der Waals surface area contributed by atoms with Gasteiger partial charge in [-0.05, 0) is 42.1 Å². The molecule has 0 atom stereocenters. The molecule has 0 heterocycles. The molecule has 0 saturated heterocycles. The topological polar surface area (TPSA) is 0 Å². The molecular formula is C17H23BF4Ru. The molecule has 23 heavy (non-hydrogen) atoms. The minimum absolute atomic E-state index is 0. The average Bonchev–Trinajstić information content (AvgIpc) is 2.99. The summed E-state index contributed by atoms with van der Waals surface area (Å²) >= 11 is 0. The van der Waals surface area contributed by atoms with Gasteiger partial charge in [0, 0.05) is 0 Å². The van der Waals surface area contributed by atoms with Crippen molar-refractivity contribution < 1.29 is 36.7 Å². The van der Waals surface area contributed by atoms with E-state index in [0.29, 0.717) is 0 Å². The molecule has 2 rings (SSSR count). The minimum atomic E-state index is -6.00. The van der Waals surface area contributed by atoms with Gasteiger partial charge in [-0.1, -0.05) is 65.0 Å². The molecule has 6 heteroatoms. The Morgan fingerprint density at radius 3 is 1.04 bits per heavy atom. The van der Waals surface area contributed by atoms with Crippen molar-refractivity contribution >= 4 is 7.25 Å².